The second-order valence-electron chi connectivity index (χ2n) is 6.51. The van der Waals surface area contributed by atoms with Crippen LogP contribution in [0.2, 0.25) is 0 Å². The lowest BCUT2D eigenvalue weighted by atomic mass is 10.0. The van der Waals surface area contributed by atoms with E-state index in [1.165, 1.54) is 12.8 Å². The van der Waals surface area contributed by atoms with Crippen molar-refractivity contribution in [2.24, 2.45) is 5.92 Å². The summed E-state index contributed by atoms with van der Waals surface area (Å²) in [5, 5.41) is 3.54. The predicted octanol–water partition coefficient (Wildman–Crippen LogP) is 1.26. The Hall–Kier alpha value is 0.120. The largest absolute Gasteiger partial charge is 0.311 e. The first kappa shape index (κ1) is 16.5. The highest BCUT2D eigenvalue weighted by atomic mass is 35.5. The van der Waals surface area contributed by atoms with Crippen LogP contribution in [0.4, 0.5) is 0 Å². The van der Waals surface area contributed by atoms with Gasteiger partial charge in [0.15, 0.2) is 0 Å². The first-order chi connectivity index (χ1) is 9.03. The van der Waals surface area contributed by atoms with Crippen molar-refractivity contribution in [1.29, 1.82) is 0 Å². The van der Waals surface area contributed by atoms with E-state index >= 15 is 0 Å². The minimum Gasteiger partial charge on any atom is -0.311 e. The Morgan fingerprint density at radius 1 is 1.05 bits per heavy atom. The number of hydrogen-bond acceptors (Lipinski definition) is 3. The molecule has 2 unspecified atom stereocenters. The van der Waals surface area contributed by atoms with E-state index in [9.17, 15) is 8.42 Å². The van der Waals surface area contributed by atoms with Gasteiger partial charge in [0.2, 0.25) is 0 Å². The van der Waals surface area contributed by atoms with E-state index in [1.807, 2.05) is 0 Å². The van der Waals surface area contributed by atoms with Crippen LogP contribution in [0.3, 0.4) is 0 Å². The molecular formula is C13H26ClN3O2S. The van der Waals surface area contributed by atoms with Crippen LogP contribution in [-0.4, -0.2) is 43.9 Å². The molecule has 5 nitrogen and oxygen atoms in total. The third-order valence-electron chi connectivity index (χ3n) is 4.87. The van der Waals surface area contributed by atoms with Crippen molar-refractivity contribution < 1.29 is 8.42 Å². The first-order valence-electron chi connectivity index (χ1n) is 7.56. The number of nitrogens with zero attached hydrogens (tertiary/aromatic N) is 1. The molecule has 2 bridgehead atoms. The Kier molecular flexibility index (Phi) is 5.34. The summed E-state index contributed by atoms with van der Waals surface area (Å²) in [5.74, 6) is 0.654. The van der Waals surface area contributed by atoms with Gasteiger partial charge in [-0.3, -0.25) is 0 Å². The highest BCUT2D eigenvalue weighted by Crippen LogP contribution is 2.27. The average molecular weight is 324 g/mol. The zero-order valence-corrected chi connectivity index (χ0v) is 13.7. The number of halogens is 1. The molecule has 3 fully saturated rings. The maximum atomic E-state index is 12.4. The standard InChI is InChI=1S/C13H25N3O2S.ClH/c1-10-4-6-16(7-5-10)19(17,18)15-13-8-11-2-3-12(9-13)14-11;/h10-15H,2-9H2,1H3;1H. The molecule has 3 aliphatic heterocycles. The molecule has 0 amide bonds. The Morgan fingerprint density at radius 3 is 2.15 bits per heavy atom. The zero-order valence-electron chi connectivity index (χ0n) is 12.0. The molecule has 7 heteroatoms. The monoisotopic (exact) mass is 323 g/mol. The second kappa shape index (κ2) is 6.48. The van der Waals surface area contributed by atoms with E-state index in [-0.39, 0.29) is 18.4 Å². The van der Waals surface area contributed by atoms with Gasteiger partial charge < -0.3 is 5.32 Å². The van der Waals surface area contributed by atoms with Gasteiger partial charge in [0.1, 0.15) is 0 Å². The molecule has 3 aliphatic rings. The van der Waals surface area contributed by atoms with Crippen LogP contribution in [0.5, 0.6) is 0 Å². The molecule has 3 saturated heterocycles. The quantitative estimate of drug-likeness (QED) is 0.822. The predicted molar refractivity (Wildman–Crippen MR) is 82.2 cm³/mol. The summed E-state index contributed by atoms with van der Waals surface area (Å²) in [6, 6.07) is 1.17. The molecule has 0 spiro atoms. The molecule has 2 atom stereocenters. The van der Waals surface area contributed by atoms with Crippen LogP contribution < -0.4 is 10.0 Å². The molecular weight excluding hydrogens is 298 g/mol. The Labute approximate surface area is 128 Å². The van der Waals surface area contributed by atoms with Gasteiger partial charge in [0, 0.05) is 31.2 Å². The average Bonchev–Trinajstić information content (AvgIpc) is 2.69. The highest BCUT2D eigenvalue weighted by molar-refractivity contribution is 7.87. The lowest BCUT2D eigenvalue weighted by Gasteiger charge is -2.34. The van der Waals surface area contributed by atoms with Crippen molar-refractivity contribution in [1.82, 2.24) is 14.3 Å². The lowest BCUT2D eigenvalue weighted by Crippen LogP contribution is -2.52. The van der Waals surface area contributed by atoms with Crippen LogP contribution in [-0.2, 0) is 10.2 Å². The number of hydrogen-bond donors (Lipinski definition) is 2. The van der Waals surface area contributed by atoms with Crippen molar-refractivity contribution in [3.63, 3.8) is 0 Å². The number of piperidine rings is 2. The summed E-state index contributed by atoms with van der Waals surface area (Å²) >= 11 is 0. The minimum absolute atomic E-state index is 0. The van der Waals surface area contributed by atoms with Gasteiger partial charge in [-0.2, -0.15) is 17.4 Å². The molecule has 0 aromatic heterocycles. The van der Waals surface area contributed by atoms with Gasteiger partial charge in [-0.1, -0.05) is 6.92 Å². The lowest BCUT2D eigenvalue weighted by molar-refractivity contribution is 0.277. The van der Waals surface area contributed by atoms with E-state index in [0.717, 1.165) is 25.7 Å². The smallest absolute Gasteiger partial charge is 0.279 e. The Balaban J connectivity index is 0.00000147. The van der Waals surface area contributed by atoms with Gasteiger partial charge in [0.25, 0.3) is 10.2 Å². The van der Waals surface area contributed by atoms with E-state index in [1.54, 1.807) is 4.31 Å². The van der Waals surface area contributed by atoms with Crippen LogP contribution in [0.25, 0.3) is 0 Å². The Bertz CT molecular complexity index is 411. The fraction of sp³-hybridized carbons (Fsp3) is 1.00. The molecule has 2 N–H and O–H groups in total. The van der Waals surface area contributed by atoms with Gasteiger partial charge in [-0.05, 0) is 44.4 Å². The summed E-state index contributed by atoms with van der Waals surface area (Å²) in [6.07, 6.45) is 6.25. The third kappa shape index (κ3) is 3.65. The second-order valence-corrected chi connectivity index (χ2v) is 8.21. The van der Waals surface area contributed by atoms with Gasteiger partial charge in [0.05, 0.1) is 0 Å². The number of rotatable bonds is 3. The van der Waals surface area contributed by atoms with Gasteiger partial charge in [-0.25, -0.2) is 0 Å². The number of nitrogens with one attached hydrogen (secondary N) is 2. The summed E-state index contributed by atoms with van der Waals surface area (Å²) in [6.45, 7) is 3.55. The molecule has 3 rings (SSSR count). The van der Waals surface area contributed by atoms with Crippen LogP contribution in [0.15, 0.2) is 0 Å². The SMILES string of the molecule is CC1CCN(S(=O)(=O)NC2CC3CCC(C2)N3)CC1.Cl. The van der Waals surface area contributed by atoms with Crippen molar-refractivity contribution in [2.75, 3.05) is 13.1 Å². The summed E-state index contributed by atoms with van der Waals surface area (Å²) in [7, 11) is -3.27. The highest BCUT2D eigenvalue weighted by Gasteiger charge is 2.36. The first-order valence-corrected chi connectivity index (χ1v) is 9.00. The van der Waals surface area contributed by atoms with E-state index in [2.05, 4.69) is 17.0 Å². The van der Waals surface area contributed by atoms with E-state index in [0.29, 0.717) is 31.1 Å². The van der Waals surface area contributed by atoms with Crippen molar-refractivity contribution in [3.05, 3.63) is 0 Å². The summed E-state index contributed by atoms with van der Waals surface area (Å²) in [4.78, 5) is 0. The molecule has 20 heavy (non-hydrogen) atoms. The van der Waals surface area contributed by atoms with Crippen LogP contribution in [0, 0.1) is 5.92 Å². The van der Waals surface area contributed by atoms with Crippen molar-refractivity contribution in [3.8, 4) is 0 Å². The number of fused-ring (bicyclic) bond motifs is 2. The van der Waals surface area contributed by atoms with E-state index < -0.39 is 10.2 Å². The van der Waals surface area contributed by atoms with Crippen LogP contribution in [0.1, 0.15) is 45.4 Å². The van der Waals surface area contributed by atoms with Crippen molar-refractivity contribution >= 4 is 22.6 Å². The molecule has 0 saturated carbocycles. The Morgan fingerprint density at radius 2 is 1.60 bits per heavy atom. The molecule has 0 aromatic carbocycles. The molecule has 0 radical (unpaired) electrons. The fourth-order valence-electron chi connectivity index (χ4n) is 3.66. The normalized spacial score (nSPS) is 35.8. The topological polar surface area (TPSA) is 61.4 Å². The zero-order chi connectivity index (χ0) is 13.5. The maximum Gasteiger partial charge on any atom is 0.279 e. The summed E-state index contributed by atoms with van der Waals surface area (Å²) in [5.41, 5.74) is 0. The molecule has 118 valence electrons. The van der Waals surface area contributed by atoms with Gasteiger partial charge in [-0.15, -0.1) is 12.4 Å². The van der Waals surface area contributed by atoms with Gasteiger partial charge >= 0.3 is 0 Å². The molecule has 0 aromatic rings. The third-order valence-corrected chi connectivity index (χ3v) is 6.55. The minimum atomic E-state index is -3.27. The maximum absolute atomic E-state index is 12.4. The van der Waals surface area contributed by atoms with Crippen molar-refractivity contribution in [2.45, 2.75) is 63.6 Å². The summed E-state index contributed by atoms with van der Waals surface area (Å²) < 4.78 is 29.4. The molecule has 3 heterocycles. The van der Waals surface area contributed by atoms with Crippen LogP contribution >= 0.6 is 12.4 Å². The van der Waals surface area contributed by atoms with E-state index in [4.69, 9.17) is 0 Å². The fourth-order valence-corrected chi connectivity index (χ4v) is 5.12. The molecule has 0 aliphatic carbocycles.